The van der Waals surface area contributed by atoms with Gasteiger partial charge in [0.25, 0.3) is 5.91 Å². The van der Waals surface area contributed by atoms with Gasteiger partial charge in [0.1, 0.15) is 0 Å². The first-order chi connectivity index (χ1) is 13.1. The summed E-state index contributed by atoms with van der Waals surface area (Å²) in [5.41, 5.74) is 2.23. The van der Waals surface area contributed by atoms with Crippen molar-refractivity contribution in [3.63, 3.8) is 0 Å². The van der Waals surface area contributed by atoms with E-state index in [9.17, 15) is 14.8 Å². The smallest absolute Gasteiger partial charge is 0.405 e. The average molecular weight is 362 g/mol. The van der Waals surface area contributed by atoms with Crippen molar-refractivity contribution >= 4 is 17.6 Å². The molecule has 0 spiro atoms. The number of carbonyl (C=O) groups is 2. The lowest BCUT2D eigenvalue weighted by molar-refractivity contribution is -0.608. The predicted molar refractivity (Wildman–Crippen MR) is 101 cm³/mol. The van der Waals surface area contributed by atoms with Crippen molar-refractivity contribution in [3.8, 4) is 11.1 Å². The first-order valence-electron chi connectivity index (χ1n) is 8.41. The summed E-state index contributed by atoms with van der Waals surface area (Å²) in [7, 11) is 0. The number of aromatic nitrogens is 1. The predicted octanol–water partition coefficient (Wildman–Crippen LogP) is 3.17. The van der Waals surface area contributed by atoms with Gasteiger partial charge < -0.3 is 15.3 Å². The fraction of sp³-hybridized carbons (Fsp3) is 0.0952. The third-order valence-electron chi connectivity index (χ3n) is 3.96. The molecule has 136 valence electrons. The zero-order chi connectivity index (χ0) is 19.2. The maximum atomic E-state index is 12.5. The van der Waals surface area contributed by atoms with Gasteiger partial charge in [0, 0.05) is 23.4 Å². The van der Waals surface area contributed by atoms with Crippen molar-refractivity contribution in [2.45, 2.75) is 13.0 Å². The molecule has 1 atom stereocenters. The number of anilines is 1. The molecule has 0 fully saturated rings. The molecule has 1 N–H and O–H groups in total. The fourth-order valence-corrected chi connectivity index (χ4v) is 2.56. The summed E-state index contributed by atoms with van der Waals surface area (Å²) in [6, 6.07) is 21.4. The van der Waals surface area contributed by atoms with E-state index in [0.29, 0.717) is 10.4 Å². The lowest BCUT2D eigenvalue weighted by Crippen LogP contribution is -2.37. The molecule has 0 unspecified atom stereocenters. The van der Waals surface area contributed by atoms with Gasteiger partial charge in [-0.3, -0.25) is 4.79 Å². The van der Waals surface area contributed by atoms with Crippen molar-refractivity contribution in [2.75, 3.05) is 5.32 Å². The lowest BCUT2D eigenvalue weighted by Gasteiger charge is -2.15. The van der Waals surface area contributed by atoms with Crippen LogP contribution in [0.25, 0.3) is 11.1 Å². The number of nitrogens with one attached hydrogen (secondary N) is 1. The quantitative estimate of drug-likeness (QED) is 0.429. The highest BCUT2D eigenvalue weighted by atomic mass is 16.6. The van der Waals surface area contributed by atoms with Gasteiger partial charge in [-0.2, -0.15) is 4.73 Å². The maximum Gasteiger partial charge on any atom is 0.405 e. The Morgan fingerprint density at radius 3 is 2.37 bits per heavy atom. The standard InChI is InChI=1S/C21H18N2O4/c1-15(27-21(25)19-13-7-8-14-23(19)26)20(24)22-18-12-6-5-11-17(18)16-9-3-2-4-10-16/h2-15H,1H3,(H,22,24)/t15-/m0/s1. The third kappa shape index (κ3) is 4.30. The normalized spacial score (nSPS) is 11.4. The van der Waals surface area contributed by atoms with Crippen LogP contribution in [0.4, 0.5) is 5.69 Å². The highest BCUT2D eigenvalue weighted by Crippen LogP contribution is 2.27. The molecule has 6 nitrogen and oxygen atoms in total. The zero-order valence-electron chi connectivity index (χ0n) is 14.7. The Labute approximate surface area is 156 Å². The van der Waals surface area contributed by atoms with E-state index in [4.69, 9.17) is 4.74 Å². The number of pyridine rings is 1. The van der Waals surface area contributed by atoms with E-state index < -0.39 is 18.0 Å². The van der Waals surface area contributed by atoms with E-state index >= 15 is 0 Å². The van der Waals surface area contributed by atoms with Crippen molar-refractivity contribution in [3.05, 3.63) is 89.9 Å². The number of hydrogen-bond acceptors (Lipinski definition) is 4. The Bertz CT molecular complexity index is 957. The molecule has 1 heterocycles. The Morgan fingerprint density at radius 2 is 1.63 bits per heavy atom. The number of hydrogen-bond donors (Lipinski definition) is 1. The van der Waals surface area contributed by atoms with Crippen molar-refractivity contribution in [1.29, 1.82) is 0 Å². The number of amides is 1. The lowest BCUT2D eigenvalue weighted by atomic mass is 10.0. The van der Waals surface area contributed by atoms with Crippen LogP contribution in [0.3, 0.4) is 0 Å². The molecule has 0 aliphatic rings. The monoisotopic (exact) mass is 362 g/mol. The fourth-order valence-electron chi connectivity index (χ4n) is 2.56. The third-order valence-corrected chi connectivity index (χ3v) is 3.96. The minimum absolute atomic E-state index is 0.179. The molecule has 0 aliphatic carbocycles. The second kappa shape index (κ2) is 8.14. The molecular weight excluding hydrogens is 344 g/mol. The van der Waals surface area contributed by atoms with Crippen LogP contribution in [-0.4, -0.2) is 18.0 Å². The summed E-state index contributed by atoms with van der Waals surface area (Å²) in [6.07, 6.45) is 0.124. The van der Waals surface area contributed by atoms with Crippen LogP contribution in [0.15, 0.2) is 79.0 Å². The van der Waals surface area contributed by atoms with Gasteiger partial charge in [-0.1, -0.05) is 48.5 Å². The second-order valence-electron chi connectivity index (χ2n) is 5.86. The Morgan fingerprint density at radius 1 is 0.963 bits per heavy atom. The van der Waals surface area contributed by atoms with Gasteiger partial charge in [0.05, 0.1) is 0 Å². The molecule has 3 aromatic rings. The Hall–Kier alpha value is -3.67. The number of benzene rings is 2. The molecule has 6 heteroatoms. The highest BCUT2D eigenvalue weighted by Gasteiger charge is 2.24. The summed E-state index contributed by atoms with van der Waals surface area (Å²) in [4.78, 5) is 24.6. The van der Waals surface area contributed by atoms with Crippen LogP contribution in [0.2, 0.25) is 0 Å². The van der Waals surface area contributed by atoms with Gasteiger partial charge in [0.15, 0.2) is 12.3 Å². The molecule has 2 aromatic carbocycles. The van der Waals surface area contributed by atoms with Crippen LogP contribution in [0.1, 0.15) is 17.4 Å². The van der Waals surface area contributed by atoms with Crippen LogP contribution in [0, 0.1) is 5.21 Å². The van der Waals surface area contributed by atoms with E-state index in [2.05, 4.69) is 5.32 Å². The van der Waals surface area contributed by atoms with Crippen molar-refractivity contribution in [2.24, 2.45) is 0 Å². The summed E-state index contributed by atoms with van der Waals surface area (Å²) >= 11 is 0. The van der Waals surface area contributed by atoms with E-state index in [1.165, 1.54) is 25.3 Å². The molecule has 1 amide bonds. The number of carbonyl (C=O) groups excluding carboxylic acids is 2. The molecule has 0 radical (unpaired) electrons. The largest absolute Gasteiger partial charge is 0.618 e. The van der Waals surface area contributed by atoms with Gasteiger partial charge in [-0.25, -0.2) is 4.79 Å². The topological polar surface area (TPSA) is 82.3 Å². The van der Waals surface area contributed by atoms with Crippen LogP contribution in [-0.2, 0) is 9.53 Å². The minimum atomic E-state index is -1.07. The molecule has 27 heavy (non-hydrogen) atoms. The molecule has 1 aromatic heterocycles. The molecule has 0 saturated heterocycles. The summed E-state index contributed by atoms with van der Waals surface area (Å²) in [6.45, 7) is 1.45. The summed E-state index contributed by atoms with van der Waals surface area (Å²) in [5.74, 6) is -1.34. The molecule has 0 aliphatic heterocycles. The highest BCUT2D eigenvalue weighted by molar-refractivity contribution is 5.99. The first-order valence-corrected chi connectivity index (χ1v) is 8.41. The molecule has 0 bridgehead atoms. The second-order valence-corrected chi connectivity index (χ2v) is 5.86. The van der Waals surface area contributed by atoms with Gasteiger partial charge in [-0.15, -0.1) is 0 Å². The molecule has 3 rings (SSSR count). The average Bonchev–Trinajstić information content (AvgIpc) is 2.69. The van der Waals surface area contributed by atoms with Crippen LogP contribution >= 0.6 is 0 Å². The van der Waals surface area contributed by atoms with Gasteiger partial charge >= 0.3 is 11.7 Å². The Balaban J connectivity index is 1.73. The minimum Gasteiger partial charge on any atom is -0.618 e. The van der Waals surface area contributed by atoms with E-state index in [-0.39, 0.29) is 5.69 Å². The number of para-hydroxylation sites is 1. The van der Waals surface area contributed by atoms with Gasteiger partial charge in [0.2, 0.25) is 0 Å². The van der Waals surface area contributed by atoms with Crippen molar-refractivity contribution in [1.82, 2.24) is 0 Å². The summed E-state index contributed by atoms with van der Waals surface area (Å²) < 4.78 is 5.53. The SMILES string of the molecule is C[C@H](OC(=O)c1cccc[n+]1[O-])C(=O)Nc1ccccc1-c1ccccc1. The van der Waals surface area contributed by atoms with Crippen LogP contribution in [0.5, 0.6) is 0 Å². The number of ether oxygens (including phenoxy) is 1. The number of rotatable bonds is 5. The number of nitrogens with zero attached hydrogens (tertiary/aromatic N) is 1. The Kier molecular flexibility index (Phi) is 5.47. The zero-order valence-corrected chi connectivity index (χ0v) is 14.7. The van der Waals surface area contributed by atoms with Crippen molar-refractivity contribution < 1.29 is 19.1 Å². The maximum absolute atomic E-state index is 12.5. The first kappa shape index (κ1) is 18.1. The van der Waals surface area contributed by atoms with Crippen LogP contribution < -0.4 is 10.0 Å². The van der Waals surface area contributed by atoms with E-state index in [1.54, 1.807) is 12.1 Å². The summed E-state index contributed by atoms with van der Waals surface area (Å²) in [5, 5.41) is 14.4. The molecular formula is C21H18N2O4. The van der Waals surface area contributed by atoms with Gasteiger partial charge in [-0.05, 0) is 24.6 Å². The molecule has 0 saturated carbocycles. The van der Waals surface area contributed by atoms with E-state index in [1.807, 2.05) is 48.5 Å². The van der Waals surface area contributed by atoms with E-state index in [0.717, 1.165) is 11.1 Å². The number of esters is 1.